The number of aromatic nitrogens is 1. The minimum absolute atomic E-state index is 0.132. The van der Waals surface area contributed by atoms with Crippen molar-refractivity contribution in [2.45, 2.75) is 0 Å². The minimum atomic E-state index is -0.405. The smallest absolute Gasteiger partial charge is 0.274 e. The van der Waals surface area contributed by atoms with E-state index in [4.69, 9.17) is 5.26 Å². The molecule has 6 nitrogen and oxygen atoms in total. The molecule has 2 N–H and O–H groups in total. The van der Waals surface area contributed by atoms with Crippen LogP contribution in [0.5, 0.6) is 0 Å². The fourth-order valence-corrected chi connectivity index (χ4v) is 2.28. The summed E-state index contributed by atoms with van der Waals surface area (Å²) in [6, 6.07) is 20.5. The quantitative estimate of drug-likeness (QED) is 0.759. The number of benzene rings is 2. The van der Waals surface area contributed by atoms with E-state index in [2.05, 4.69) is 15.6 Å². The van der Waals surface area contributed by atoms with Crippen LogP contribution in [0.1, 0.15) is 26.4 Å². The summed E-state index contributed by atoms with van der Waals surface area (Å²) >= 11 is 0. The second-order valence-corrected chi connectivity index (χ2v) is 5.40. The largest absolute Gasteiger partial charge is 0.322 e. The Hall–Kier alpha value is -3.98. The molecule has 3 rings (SSSR count). The minimum Gasteiger partial charge on any atom is -0.322 e. The molecule has 0 saturated heterocycles. The second kappa shape index (κ2) is 7.73. The molecule has 0 unspecified atom stereocenters. The van der Waals surface area contributed by atoms with Crippen molar-refractivity contribution in [1.29, 1.82) is 5.26 Å². The van der Waals surface area contributed by atoms with Gasteiger partial charge in [0.2, 0.25) is 0 Å². The molecule has 0 fully saturated rings. The number of rotatable bonds is 4. The van der Waals surface area contributed by atoms with Gasteiger partial charge < -0.3 is 10.6 Å². The van der Waals surface area contributed by atoms with Crippen molar-refractivity contribution in [3.05, 3.63) is 89.7 Å². The Morgan fingerprint density at radius 2 is 1.58 bits per heavy atom. The van der Waals surface area contributed by atoms with E-state index >= 15 is 0 Å². The van der Waals surface area contributed by atoms with Gasteiger partial charge in [0.1, 0.15) is 5.69 Å². The van der Waals surface area contributed by atoms with E-state index in [9.17, 15) is 9.59 Å². The number of amides is 2. The van der Waals surface area contributed by atoms with Crippen molar-refractivity contribution < 1.29 is 9.59 Å². The first-order valence-electron chi connectivity index (χ1n) is 7.80. The Morgan fingerprint density at radius 3 is 2.35 bits per heavy atom. The van der Waals surface area contributed by atoms with Crippen molar-refractivity contribution in [2.24, 2.45) is 0 Å². The molecule has 0 radical (unpaired) electrons. The number of pyridine rings is 1. The Kier molecular flexibility index (Phi) is 5.01. The monoisotopic (exact) mass is 342 g/mol. The van der Waals surface area contributed by atoms with E-state index in [-0.39, 0.29) is 5.69 Å². The second-order valence-electron chi connectivity index (χ2n) is 5.40. The van der Waals surface area contributed by atoms with Gasteiger partial charge in [0.25, 0.3) is 11.8 Å². The highest BCUT2D eigenvalue weighted by Gasteiger charge is 2.12. The third-order valence-electron chi connectivity index (χ3n) is 3.54. The molecule has 0 spiro atoms. The van der Waals surface area contributed by atoms with Gasteiger partial charge in [-0.1, -0.05) is 24.3 Å². The average molecular weight is 342 g/mol. The van der Waals surface area contributed by atoms with Gasteiger partial charge in [-0.2, -0.15) is 5.26 Å². The van der Waals surface area contributed by atoms with Crippen LogP contribution >= 0.6 is 0 Å². The third-order valence-corrected chi connectivity index (χ3v) is 3.54. The summed E-state index contributed by atoms with van der Waals surface area (Å²) in [7, 11) is 0. The number of hydrogen-bond donors (Lipinski definition) is 2. The number of nitriles is 1. The third kappa shape index (κ3) is 4.10. The zero-order valence-corrected chi connectivity index (χ0v) is 13.6. The molecule has 0 atom stereocenters. The molecule has 26 heavy (non-hydrogen) atoms. The fraction of sp³-hybridized carbons (Fsp3) is 0. The SMILES string of the molecule is N#Cc1cccc(NC(=O)c2ccnc(C(=O)Nc3ccccc3)c2)c1. The molecule has 0 bridgehead atoms. The van der Waals surface area contributed by atoms with Crippen LogP contribution in [0.2, 0.25) is 0 Å². The first-order chi connectivity index (χ1) is 12.7. The highest BCUT2D eigenvalue weighted by Crippen LogP contribution is 2.13. The molecular weight excluding hydrogens is 328 g/mol. The Labute approximate surface area is 150 Å². The molecule has 0 aliphatic rings. The molecule has 1 aromatic heterocycles. The van der Waals surface area contributed by atoms with Crippen molar-refractivity contribution in [2.75, 3.05) is 10.6 Å². The van der Waals surface area contributed by atoms with Gasteiger partial charge in [-0.05, 0) is 42.5 Å². The van der Waals surface area contributed by atoms with Gasteiger partial charge in [-0.3, -0.25) is 14.6 Å². The molecule has 0 saturated carbocycles. The summed E-state index contributed by atoms with van der Waals surface area (Å²) in [5.74, 6) is -0.798. The molecule has 6 heteroatoms. The van der Waals surface area contributed by atoms with E-state index in [1.165, 1.54) is 18.3 Å². The number of nitrogens with zero attached hydrogens (tertiary/aromatic N) is 2. The summed E-state index contributed by atoms with van der Waals surface area (Å²) in [6.45, 7) is 0. The predicted octanol–water partition coefficient (Wildman–Crippen LogP) is 3.46. The topological polar surface area (TPSA) is 94.9 Å². The number of carbonyl (C=O) groups is 2. The van der Waals surface area contributed by atoms with Gasteiger partial charge >= 0.3 is 0 Å². The van der Waals surface area contributed by atoms with E-state index in [1.807, 2.05) is 24.3 Å². The molecule has 126 valence electrons. The number of nitrogens with one attached hydrogen (secondary N) is 2. The molecule has 1 heterocycles. The molecule has 2 aromatic carbocycles. The predicted molar refractivity (Wildman–Crippen MR) is 97.7 cm³/mol. The first-order valence-corrected chi connectivity index (χ1v) is 7.80. The lowest BCUT2D eigenvalue weighted by Crippen LogP contribution is -2.17. The normalized spacial score (nSPS) is 9.81. The van der Waals surface area contributed by atoms with E-state index in [0.717, 1.165) is 0 Å². The summed E-state index contributed by atoms with van der Waals surface area (Å²) in [4.78, 5) is 28.7. The Morgan fingerprint density at radius 1 is 0.846 bits per heavy atom. The molecule has 3 aromatic rings. The first kappa shape index (κ1) is 16.9. The maximum atomic E-state index is 12.4. The molecular formula is C20H14N4O2. The van der Waals surface area contributed by atoms with Gasteiger partial charge in [-0.25, -0.2) is 0 Å². The van der Waals surface area contributed by atoms with Crippen molar-refractivity contribution in [3.8, 4) is 6.07 Å². The molecule has 0 aliphatic carbocycles. The standard InChI is InChI=1S/C20H14N4O2/c21-13-14-5-4-8-17(11-14)24-19(25)15-9-10-22-18(12-15)20(26)23-16-6-2-1-3-7-16/h1-12H,(H,23,26)(H,24,25). The Balaban J connectivity index is 1.75. The highest BCUT2D eigenvalue weighted by molar-refractivity contribution is 6.07. The van der Waals surface area contributed by atoms with E-state index in [1.54, 1.807) is 36.4 Å². The van der Waals surface area contributed by atoms with Gasteiger partial charge in [0, 0.05) is 23.1 Å². The average Bonchev–Trinajstić information content (AvgIpc) is 2.69. The maximum absolute atomic E-state index is 12.4. The van der Waals surface area contributed by atoms with Crippen molar-refractivity contribution >= 4 is 23.2 Å². The zero-order valence-electron chi connectivity index (χ0n) is 13.6. The van der Waals surface area contributed by atoms with Crippen molar-refractivity contribution in [3.63, 3.8) is 0 Å². The van der Waals surface area contributed by atoms with E-state index in [0.29, 0.717) is 22.5 Å². The number of para-hydroxylation sites is 1. The zero-order chi connectivity index (χ0) is 18.4. The summed E-state index contributed by atoms with van der Waals surface area (Å²) in [5.41, 5.74) is 2.01. The number of hydrogen-bond acceptors (Lipinski definition) is 4. The number of carbonyl (C=O) groups excluding carboxylic acids is 2. The highest BCUT2D eigenvalue weighted by atomic mass is 16.2. The molecule has 0 aliphatic heterocycles. The van der Waals surface area contributed by atoms with Crippen molar-refractivity contribution in [1.82, 2.24) is 4.98 Å². The summed E-state index contributed by atoms with van der Waals surface area (Å²) in [5, 5.41) is 14.3. The number of anilines is 2. The van der Waals surface area contributed by atoms with Gasteiger partial charge in [0.05, 0.1) is 11.6 Å². The fourth-order valence-electron chi connectivity index (χ4n) is 2.28. The lowest BCUT2D eigenvalue weighted by Gasteiger charge is -2.07. The maximum Gasteiger partial charge on any atom is 0.274 e. The van der Waals surface area contributed by atoms with Crippen LogP contribution in [0, 0.1) is 11.3 Å². The van der Waals surface area contributed by atoms with E-state index < -0.39 is 11.8 Å². The van der Waals surface area contributed by atoms with Crippen LogP contribution in [-0.4, -0.2) is 16.8 Å². The van der Waals surface area contributed by atoms with Crippen LogP contribution in [0.25, 0.3) is 0 Å². The van der Waals surface area contributed by atoms with Crippen LogP contribution in [0.3, 0.4) is 0 Å². The molecule has 2 amide bonds. The Bertz CT molecular complexity index is 994. The van der Waals surface area contributed by atoms with Crippen LogP contribution in [-0.2, 0) is 0 Å². The van der Waals surface area contributed by atoms with Crippen LogP contribution in [0.4, 0.5) is 11.4 Å². The van der Waals surface area contributed by atoms with Gasteiger partial charge in [0.15, 0.2) is 0 Å². The van der Waals surface area contributed by atoms with Crippen LogP contribution < -0.4 is 10.6 Å². The van der Waals surface area contributed by atoms with Crippen LogP contribution in [0.15, 0.2) is 72.9 Å². The summed E-state index contributed by atoms with van der Waals surface area (Å²) < 4.78 is 0. The lowest BCUT2D eigenvalue weighted by molar-refractivity contribution is 0.102. The lowest BCUT2D eigenvalue weighted by atomic mass is 10.2. The summed E-state index contributed by atoms with van der Waals surface area (Å²) in [6.07, 6.45) is 1.40. The van der Waals surface area contributed by atoms with Gasteiger partial charge in [-0.15, -0.1) is 0 Å².